The molecule has 0 fully saturated rings. The van der Waals surface area contributed by atoms with Crippen molar-refractivity contribution in [1.29, 1.82) is 0 Å². The molecule has 6 nitrogen and oxygen atoms in total. The van der Waals surface area contributed by atoms with E-state index in [1.807, 2.05) is 0 Å². The van der Waals surface area contributed by atoms with Gasteiger partial charge in [0.1, 0.15) is 5.75 Å². The highest BCUT2D eigenvalue weighted by Gasteiger charge is 2.05. The summed E-state index contributed by atoms with van der Waals surface area (Å²) in [5.41, 5.74) is 0.962. The van der Waals surface area contributed by atoms with Crippen molar-refractivity contribution in [2.75, 3.05) is 13.2 Å². The SMILES string of the molecule is O=C(COc1ccc(Cl)cc1)NCCc1ccc([N+](=O)[O-])cc1. The fraction of sp³-hybridized carbons (Fsp3) is 0.188. The normalized spacial score (nSPS) is 10.1. The minimum Gasteiger partial charge on any atom is -0.484 e. The first-order valence-corrected chi connectivity index (χ1v) is 7.31. The maximum atomic E-state index is 11.7. The minimum absolute atomic E-state index is 0.0501. The highest BCUT2D eigenvalue weighted by Crippen LogP contribution is 2.15. The summed E-state index contributed by atoms with van der Waals surface area (Å²) in [6, 6.07) is 13.0. The number of ether oxygens (including phenoxy) is 1. The summed E-state index contributed by atoms with van der Waals surface area (Å²) in [6.07, 6.45) is 0.588. The number of amides is 1. The van der Waals surface area contributed by atoms with Crippen molar-refractivity contribution in [1.82, 2.24) is 5.32 Å². The summed E-state index contributed by atoms with van der Waals surface area (Å²) in [4.78, 5) is 21.8. The van der Waals surface area contributed by atoms with Gasteiger partial charge in [-0.15, -0.1) is 0 Å². The van der Waals surface area contributed by atoms with Crippen LogP contribution in [0, 0.1) is 10.1 Å². The number of nitro benzene ring substituents is 1. The molecule has 0 aliphatic rings. The zero-order valence-electron chi connectivity index (χ0n) is 12.2. The molecule has 0 heterocycles. The zero-order chi connectivity index (χ0) is 16.7. The molecule has 1 N–H and O–H groups in total. The summed E-state index contributed by atoms with van der Waals surface area (Å²) in [5, 5.41) is 13.9. The molecule has 0 aromatic heterocycles. The fourth-order valence-corrected chi connectivity index (χ4v) is 1.99. The Morgan fingerprint density at radius 1 is 1.13 bits per heavy atom. The third-order valence-electron chi connectivity index (χ3n) is 3.07. The molecule has 0 atom stereocenters. The Hall–Kier alpha value is -2.60. The molecule has 0 aliphatic heterocycles. The van der Waals surface area contributed by atoms with Crippen molar-refractivity contribution in [3.8, 4) is 5.75 Å². The van der Waals surface area contributed by atoms with Gasteiger partial charge in [-0.3, -0.25) is 14.9 Å². The van der Waals surface area contributed by atoms with E-state index in [-0.39, 0.29) is 18.2 Å². The van der Waals surface area contributed by atoms with Gasteiger partial charge in [0.05, 0.1) is 4.92 Å². The number of halogens is 1. The van der Waals surface area contributed by atoms with Crippen LogP contribution in [-0.2, 0) is 11.2 Å². The van der Waals surface area contributed by atoms with E-state index in [1.165, 1.54) is 12.1 Å². The highest BCUT2D eigenvalue weighted by atomic mass is 35.5. The number of nitro groups is 1. The van der Waals surface area contributed by atoms with Crippen molar-refractivity contribution in [3.05, 3.63) is 69.2 Å². The van der Waals surface area contributed by atoms with Crippen LogP contribution in [0.1, 0.15) is 5.56 Å². The number of rotatable bonds is 7. The van der Waals surface area contributed by atoms with E-state index in [0.29, 0.717) is 23.7 Å². The Morgan fingerprint density at radius 3 is 2.39 bits per heavy atom. The summed E-state index contributed by atoms with van der Waals surface area (Å²) in [5.74, 6) is 0.335. The van der Waals surface area contributed by atoms with E-state index in [9.17, 15) is 14.9 Å². The first-order chi connectivity index (χ1) is 11.0. The van der Waals surface area contributed by atoms with Crippen LogP contribution in [0.15, 0.2) is 48.5 Å². The van der Waals surface area contributed by atoms with Crippen LogP contribution >= 0.6 is 11.6 Å². The average Bonchev–Trinajstić information content (AvgIpc) is 2.55. The predicted molar refractivity (Wildman–Crippen MR) is 86.8 cm³/mol. The van der Waals surface area contributed by atoms with Gasteiger partial charge in [-0.05, 0) is 36.2 Å². The number of hydrogen-bond donors (Lipinski definition) is 1. The molecular weight excluding hydrogens is 320 g/mol. The Balaban J connectivity index is 1.70. The molecule has 120 valence electrons. The van der Waals surface area contributed by atoms with Crippen molar-refractivity contribution in [2.24, 2.45) is 0 Å². The molecule has 23 heavy (non-hydrogen) atoms. The minimum atomic E-state index is -0.445. The molecule has 0 unspecified atom stereocenters. The molecule has 7 heteroatoms. The number of nitrogens with one attached hydrogen (secondary N) is 1. The molecule has 2 aromatic carbocycles. The van der Waals surface area contributed by atoms with Crippen LogP contribution in [-0.4, -0.2) is 24.0 Å². The van der Waals surface area contributed by atoms with Gasteiger partial charge in [-0.25, -0.2) is 0 Å². The Kier molecular flexibility index (Phi) is 5.94. The third-order valence-corrected chi connectivity index (χ3v) is 3.32. The smallest absolute Gasteiger partial charge is 0.269 e. The summed E-state index contributed by atoms with van der Waals surface area (Å²) < 4.78 is 5.32. The van der Waals surface area contributed by atoms with Gasteiger partial charge in [0.2, 0.25) is 0 Å². The van der Waals surface area contributed by atoms with Crippen LogP contribution < -0.4 is 10.1 Å². The second-order valence-electron chi connectivity index (χ2n) is 4.77. The lowest BCUT2D eigenvalue weighted by Crippen LogP contribution is -2.30. The quantitative estimate of drug-likeness (QED) is 0.623. The molecule has 2 aromatic rings. The Bertz CT molecular complexity index is 671. The summed E-state index contributed by atoms with van der Waals surface area (Å²) in [6.45, 7) is 0.350. The van der Waals surface area contributed by atoms with Crippen LogP contribution in [0.2, 0.25) is 5.02 Å². The molecular formula is C16H15ClN2O4. The zero-order valence-corrected chi connectivity index (χ0v) is 13.0. The first kappa shape index (κ1) is 16.8. The number of hydrogen-bond acceptors (Lipinski definition) is 4. The molecule has 0 spiro atoms. The number of carbonyl (C=O) groups excluding carboxylic acids is 1. The lowest BCUT2D eigenvalue weighted by Gasteiger charge is -2.07. The summed E-state index contributed by atoms with van der Waals surface area (Å²) in [7, 11) is 0. The van der Waals surface area contributed by atoms with Crippen molar-refractivity contribution >= 4 is 23.2 Å². The van der Waals surface area contributed by atoms with Crippen LogP contribution in [0.5, 0.6) is 5.75 Å². The van der Waals surface area contributed by atoms with E-state index in [1.54, 1.807) is 36.4 Å². The van der Waals surface area contributed by atoms with Crippen LogP contribution in [0.4, 0.5) is 5.69 Å². The molecule has 2 rings (SSSR count). The number of nitrogens with zero attached hydrogens (tertiary/aromatic N) is 1. The second kappa shape index (κ2) is 8.14. The van der Waals surface area contributed by atoms with E-state index >= 15 is 0 Å². The third kappa shape index (κ3) is 5.60. The largest absolute Gasteiger partial charge is 0.484 e. The number of non-ortho nitro benzene ring substituents is 1. The molecule has 0 saturated carbocycles. The maximum absolute atomic E-state index is 11.7. The average molecular weight is 335 g/mol. The highest BCUT2D eigenvalue weighted by molar-refractivity contribution is 6.30. The van der Waals surface area contributed by atoms with E-state index in [4.69, 9.17) is 16.3 Å². The lowest BCUT2D eigenvalue weighted by atomic mass is 10.1. The predicted octanol–water partition coefficient (Wildman–Crippen LogP) is 2.99. The monoisotopic (exact) mass is 334 g/mol. The van der Waals surface area contributed by atoms with E-state index in [0.717, 1.165) is 5.56 Å². The number of carbonyl (C=O) groups is 1. The van der Waals surface area contributed by atoms with Gasteiger partial charge < -0.3 is 10.1 Å². The fourth-order valence-electron chi connectivity index (χ4n) is 1.86. The van der Waals surface area contributed by atoms with Gasteiger partial charge in [0.25, 0.3) is 11.6 Å². The van der Waals surface area contributed by atoms with E-state index in [2.05, 4.69) is 5.32 Å². The van der Waals surface area contributed by atoms with Gasteiger partial charge in [-0.1, -0.05) is 23.7 Å². The topological polar surface area (TPSA) is 81.5 Å². The van der Waals surface area contributed by atoms with Gasteiger partial charge in [-0.2, -0.15) is 0 Å². The van der Waals surface area contributed by atoms with Gasteiger partial charge in [0, 0.05) is 23.7 Å². The van der Waals surface area contributed by atoms with Crippen molar-refractivity contribution in [2.45, 2.75) is 6.42 Å². The molecule has 0 saturated heterocycles. The van der Waals surface area contributed by atoms with Crippen LogP contribution in [0.3, 0.4) is 0 Å². The van der Waals surface area contributed by atoms with Crippen molar-refractivity contribution < 1.29 is 14.5 Å². The van der Waals surface area contributed by atoms with E-state index < -0.39 is 4.92 Å². The van der Waals surface area contributed by atoms with Crippen molar-refractivity contribution in [3.63, 3.8) is 0 Å². The molecule has 0 bridgehead atoms. The summed E-state index contributed by atoms with van der Waals surface area (Å²) >= 11 is 5.76. The number of benzene rings is 2. The first-order valence-electron chi connectivity index (χ1n) is 6.93. The maximum Gasteiger partial charge on any atom is 0.269 e. The van der Waals surface area contributed by atoms with Gasteiger partial charge >= 0.3 is 0 Å². The molecule has 0 aliphatic carbocycles. The molecule has 0 radical (unpaired) electrons. The molecule has 1 amide bonds. The Labute approximate surface area is 138 Å². The standard InChI is InChI=1S/C16H15ClN2O4/c17-13-3-7-15(8-4-13)23-11-16(20)18-10-9-12-1-5-14(6-2-12)19(21)22/h1-8H,9-11H2,(H,18,20). The second-order valence-corrected chi connectivity index (χ2v) is 5.20. The van der Waals surface area contributed by atoms with Gasteiger partial charge in [0.15, 0.2) is 6.61 Å². The van der Waals surface area contributed by atoms with Crippen LogP contribution in [0.25, 0.3) is 0 Å². The lowest BCUT2D eigenvalue weighted by molar-refractivity contribution is -0.384. The Morgan fingerprint density at radius 2 is 1.78 bits per heavy atom.